The first-order chi connectivity index (χ1) is 7.76. The Labute approximate surface area is 103 Å². The third-order valence-corrected chi connectivity index (χ3v) is 2.95. The maximum absolute atomic E-state index is 12.6. The van der Waals surface area contributed by atoms with Crippen molar-refractivity contribution in [3.63, 3.8) is 0 Å². The van der Waals surface area contributed by atoms with E-state index in [1.54, 1.807) is 0 Å². The van der Waals surface area contributed by atoms with Gasteiger partial charge in [0.2, 0.25) is 5.60 Å². The van der Waals surface area contributed by atoms with Gasteiger partial charge in [-0.2, -0.15) is 13.2 Å². The van der Waals surface area contributed by atoms with Crippen molar-refractivity contribution in [3.8, 4) is 5.75 Å². The van der Waals surface area contributed by atoms with Gasteiger partial charge in [-0.3, -0.25) is 0 Å². The van der Waals surface area contributed by atoms with E-state index in [1.165, 1.54) is 13.2 Å². The van der Waals surface area contributed by atoms with Gasteiger partial charge in [0.25, 0.3) is 0 Å². The van der Waals surface area contributed by atoms with Crippen molar-refractivity contribution in [1.82, 2.24) is 0 Å². The van der Waals surface area contributed by atoms with E-state index in [4.69, 9.17) is 4.74 Å². The molecule has 0 saturated carbocycles. The first kappa shape index (κ1) is 14.2. The summed E-state index contributed by atoms with van der Waals surface area (Å²) in [6.45, 7) is -1.96. The summed E-state index contributed by atoms with van der Waals surface area (Å²) in [4.78, 5) is 0. The summed E-state index contributed by atoms with van der Waals surface area (Å²) < 4.78 is 55.5. The van der Waals surface area contributed by atoms with Gasteiger partial charge >= 0.3 is 6.18 Å². The van der Waals surface area contributed by atoms with Crippen LogP contribution in [0.4, 0.5) is 17.6 Å². The largest absolute Gasteiger partial charge is 0.496 e. The molecule has 2 nitrogen and oxygen atoms in total. The van der Waals surface area contributed by atoms with Gasteiger partial charge in [0.15, 0.2) is 0 Å². The van der Waals surface area contributed by atoms with Crippen molar-refractivity contribution in [2.45, 2.75) is 11.8 Å². The molecule has 17 heavy (non-hydrogen) atoms. The first-order valence-corrected chi connectivity index (χ1v) is 5.24. The van der Waals surface area contributed by atoms with Gasteiger partial charge in [-0.1, -0.05) is 6.07 Å². The average molecular weight is 317 g/mol. The van der Waals surface area contributed by atoms with Crippen molar-refractivity contribution in [1.29, 1.82) is 0 Å². The predicted molar refractivity (Wildman–Crippen MR) is 56.6 cm³/mol. The maximum atomic E-state index is 12.6. The van der Waals surface area contributed by atoms with Gasteiger partial charge in [0.1, 0.15) is 12.4 Å². The molecule has 0 aromatic heterocycles. The predicted octanol–water partition coefficient (Wildman–Crippen LogP) is 3.18. The highest BCUT2D eigenvalue weighted by Gasteiger charge is 2.55. The fourth-order valence-electron chi connectivity index (χ4n) is 1.23. The molecule has 0 spiro atoms. The molecule has 1 aromatic rings. The van der Waals surface area contributed by atoms with Crippen molar-refractivity contribution in [2.24, 2.45) is 0 Å². The van der Waals surface area contributed by atoms with Crippen LogP contribution in [0.3, 0.4) is 0 Å². The smallest absolute Gasteiger partial charge is 0.424 e. The minimum Gasteiger partial charge on any atom is -0.496 e. The lowest BCUT2D eigenvalue weighted by atomic mass is 9.94. The highest BCUT2D eigenvalue weighted by Crippen LogP contribution is 2.41. The molecule has 0 amide bonds. The summed E-state index contributed by atoms with van der Waals surface area (Å²) in [5, 5.41) is 9.37. The number of halogens is 5. The van der Waals surface area contributed by atoms with Crippen LogP contribution in [0, 0.1) is 0 Å². The van der Waals surface area contributed by atoms with Crippen LogP contribution in [-0.2, 0) is 5.60 Å². The third kappa shape index (κ3) is 2.55. The molecule has 0 aliphatic heterocycles. The van der Waals surface area contributed by atoms with E-state index in [0.29, 0.717) is 4.47 Å². The maximum Gasteiger partial charge on any atom is 0.424 e. The van der Waals surface area contributed by atoms with E-state index in [1.807, 2.05) is 0 Å². The monoisotopic (exact) mass is 316 g/mol. The minimum absolute atomic E-state index is 0.0821. The first-order valence-electron chi connectivity index (χ1n) is 4.45. The van der Waals surface area contributed by atoms with Crippen LogP contribution in [-0.4, -0.2) is 25.1 Å². The molecule has 0 heterocycles. The average Bonchev–Trinajstić information content (AvgIpc) is 2.27. The second-order valence-electron chi connectivity index (χ2n) is 3.34. The molecule has 1 N–H and O–H groups in total. The summed E-state index contributed by atoms with van der Waals surface area (Å²) in [6, 6.07) is 3.18. The van der Waals surface area contributed by atoms with Crippen molar-refractivity contribution >= 4 is 15.9 Å². The molecule has 1 rings (SSSR count). The van der Waals surface area contributed by atoms with E-state index in [9.17, 15) is 22.7 Å². The molecule has 0 saturated heterocycles. The molecule has 1 atom stereocenters. The second-order valence-corrected chi connectivity index (χ2v) is 4.20. The quantitative estimate of drug-likeness (QED) is 0.868. The molecule has 1 unspecified atom stereocenters. The Morgan fingerprint density at radius 3 is 2.35 bits per heavy atom. The highest BCUT2D eigenvalue weighted by molar-refractivity contribution is 9.10. The van der Waals surface area contributed by atoms with E-state index in [0.717, 1.165) is 12.1 Å². The van der Waals surface area contributed by atoms with Gasteiger partial charge in [-0.15, -0.1) is 0 Å². The van der Waals surface area contributed by atoms with Crippen LogP contribution in [0.25, 0.3) is 0 Å². The summed E-state index contributed by atoms with van der Waals surface area (Å²) in [6.07, 6.45) is -5.10. The standard InChI is InChI=1S/C10H9BrF4O2/c1-17-8-4-6(2-3-7(8)11)9(16,5-12)10(13,14)15/h2-4,16H,5H2,1H3. The van der Waals surface area contributed by atoms with Crippen molar-refractivity contribution in [2.75, 3.05) is 13.8 Å². The topological polar surface area (TPSA) is 29.5 Å². The van der Waals surface area contributed by atoms with Gasteiger partial charge in [-0.25, -0.2) is 4.39 Å². The molecular formula is C10H9BrF4O2. The summed E-state index contributed by atoms with van der Waals surface area (Å²) in [7, 11) is 1.26. The number of aliphatic hydroxyl groups is 1. The zero-order chi connectivity index (χ0) is 13.3. The third-order valence-electron chi connectivity index (χ3n) is 2.29. The Balaban J connectivity index is 3.31. The van der Waals surface area contributed by atoms with Gasteiger partial charge in [-0.05, 0) is 33.6 Å². The molecule has 1 aromatic carbocycles. The van der Waals surface area contributed by atoms with Crippen LogP contribution >= 0.6 is 15.9 Å². The molecule has 0 aliphatic carbocycles. The van der Waals surface area contributed by atoms with Crippen LogP contribution in [0.2, 0.25) is 0 Å². The molecule has 0 radical (unpaired) electrons. The molecule has 7 heteroatoms. The number of hydrogen-bond donors (Lipinski definition) is 1. The second kappa shape index (κ2) is 4.81. The number of rotatable bonds is 3. The highest BCUT2D eigenvalue weighted by atomic mass is 79.9. The van der Waals surface area contributed by atoms with Gasteiger partial charge < -0.3 is 9.84 Å². The Kier molecular flexibility index (Phi) is 4.03. The lowest BCUT2D eigenvalue weighted by Gasteiger charge is -2.28. The number of ether oxygens (including phenoxy) is 1. The van der Waals surface area contributed by atoms with Gasteiger partial charge in [0, 0.05) is 0 Å². The number of hydrogen-bond acceptors (Lipinski definition) is 2. The SMILES string of the molecule is COc1cc(C(O)(CF)C(F)(F)F)ccc1Br. The van der Waals surface area contributed by atoms with Crippen LogP contribution < -0.4 is 4.74 Å². The fraction of sp³-hybridized carbons (Fsp3) is 0.400. The molecular weight excluding hydrogens is 308 g/mol. The van der Waals surface area contributed by atoms with Crippen molar-refractivity contribution in [3.05, 3.63) is 28.2 Å². The molecule has 0 aliphatic rings. The Bertz CT molecular complexity index is 408. The fourth-order valence-corrected chi connectivity index (χ4v) is 1.64. The lowest BCUT2D eigenvalue weighted by molar-refractivity contribution is -0.271. The number of methoxy groups -OCH3 is 1. The summed E-state index contributed by atoms with van der Waals surface area (Å²) >= 11 is 3.05. The van der Waals surface area contributed by atoms with E-state index in [2.05, 4.69) is 15.9 Å². The van der Waals surface area contributed by atoms with E-state index < -0.39 is 24.0 Å². The van der Waals surface area contributed by atoms with Crippen molar-refractivity contribution < 1.29 is 27.4 Å². The van der Waals surface area contributed by atoms with Gasteiger partial charge in [0.05, 0.1) is 11.6 Å². The van der Waals surface area contributed by atoms with E-state index >= 15 is 0 Å². The van der Waals surface area contributed by atoms with Crippen LogP contribution in [0.1, 0.15) is 5.56 Å². The summed E-state index contributed by atoms with van der Waals surface area (Å²) in [5.41, 5.74) is -4.12. The van der Waals surface area contributed by atoms with E-state index in [-0.39, 0.29) is 5.75 Å². The Morgan fingerprint density at radius 2 is 1.94 bits per heavy atom. The van der Waals surface area contributed by atoms with Crippen LogP contribution in [0.15, 0.2) is 22.7 Å². The lowest BCUT2D eigenvalue weighted by Crippen LogP contribution is -2.44. The molecule has 0 bridgehead atoms. The summed E-state index contributed by atoms with van der Waals surface area (Å²) in [5.74, 6) is 0.0821. The Hall–Kier alpha value is -0.820. The zero-order valence-corrected chi connectivity index (χ0v) is 10.3. The molecule has 0 fully saturated rings. The van der Waals surface area contributed by atoms with Crippen LogP contribution in [0.5, 0.6) is 5.75 Å². The minimum atomic E-state index is -5.10. The Morgan fingerprint density at radius 1 is 1.35 bits per heavy atom. The zero-order valence-electron chi connectivity index (χ0n) is 8.68. The number of benzene rings is 1. The molecule has 96 valence electrons. The normalized spacial score (nSPS) is 15.5. The number of alkyl halides is 4.